The molecular weight excluding hydrogens is 380 g/mol. The van der Waals surface area contributed by atoms with Crippen LogP contribution in [0.25, 0.3) is 0 Å². The van der Waals surface area contributed by atoms with Crippen LogP contribution < -0.4 is 10.1 Å². The van der Waals surface area contributed by atoms with E-state index in [2.05, 4.69) is 5.32 Å². The number of piperidine rings is 1. The molecule has 0 unspecified atom stereocenters. The Morgan fingerprint density at radius 1 is 1.03 bits per heavy atom. The molecule has 0 bridgehead atoms. The number of nitrogens with zero attached hydrogens (tertiary/aromatic N) is 1. The SMILES string of the molecule is COCCNC(=O)c1ccc(CC2CCN(C(=O)COc3ccccc3)CC2)cc1. The molecule has 0 atom stereocenters. The average molecular weight is 411 g/mol. The largest absolute Gasteiger partial charge is 0.484 e. The van der Waals surface area contributed by atoms with Crippen LogP contribution in [0.1, 0.15) is 28.8 Å². The summed E-state index contributed by atoms with van der Waals surface area (Å²) < 4.78 is 10.5. The molecule has 0 saturated carbocycles. The number of methoxy groups -OCH3 is 1. The third kappa shape index (κ3) is 6.59. The summed E-state index contributed by atoms with van der Waals surface area (Å²) >= 11 is 0. The summed E-state index contributed by atoms with van der Waals surface area (Å²) in [5.74, 6) is 1.23. The standard InChI is InChI=1S/C24H30N2O4/c1-29-16-13-25-24(28)21-9-7-19(8-10-21)17-20-11-14-26(15-12-20)23(27)18-30-22-5-3-2-4-6-22/h2-10,20H,11-18H2,1H3,(H,25,28). The van der Waals surface area contributed by atoms with Gasteiger partial charge in [0.05, 0.1) is 6.61 Å². The number of para-hydroxylation sites is 1. The molecule has 6 heteroatoms. The number of carbonyl (C=O) groups is 2. The fourth-order valence-corrected chi connectivity index (χ4v) is 3.63. The monoisotopic (exact) mass is 410 g/mol. The lowest BCUT2D eigenvalue weighted by atomic mass is 9.90. The minimum absolute atomic E-state index is 0.0427. The van der Waals surface area contributed by atoms with Gasteiger partial charge in [-0.3, -0.25) is 9.59 Å². The molecule has 1 aliphatic heterocycles. The van der Waals surface area contributed by atoms with E-state index in [9.17, 15) is 9.59 Å². The lowest BCUT2D eigenvalue weighted by Gasteiger charge is -2.32. The van der Waals surface area contributed by atoms with Gasteiger partial charge in [0.1, 0.15) is 5.75 Å². The van der Waals surface area contributed by atoms with Gasteiger partial charge in [-0.05, 0) is 55.0 Å². The molecule has 0 aliphatic carbocycles. The van der Waals surface area contributed by atoms with Gasteiger partial charge in [-0.25, -0.2) is 0 Å². The van der Waals surface area contributed by atoms with Crippen LogP contribution in [0.3, 0.4) is 0 Å². The molecule has 1 aliphatic rings. The number of amides is 2. The van der Waals surface area contributed by atoms with Crippen molar-refractivity contribution in [3.8, 4) is 5.75 Å². The van der Waals surface area contributed by atoms with Crippen molar-refractivity contribution in [3.05, 3.63) is 65.7 Å². The van der Waals surface area contributed by atoms with Crippen LogP contribution in [0, 0.1) is 5.92 Å². The zero-order valence-corrected chi connectivity index (χ0v) is 17.5. The van der Waals surface area contributed by atoms with E-state index in [1.165, 1.54) is 5.56 Å². The Bertz CT molecular complexity index is 800. The summed E-state index contributed by atoms with van der Waals surface area (Å²) in [5, 5.41) is 2.83. The van der Waals surface area contributed by atoms with Crippen molar-refractivity contribution < 1.29 is 19.1 Å². The first kappa shape index (κ1) is 21.8. The van der Waals surface area contributed by atoms with Crippen LogP contribution >= 0.6 is 0 Å². The van der Waals surface area contributed by atoms with Crippen LogP contribution in [0.2, 0.25) is 0 Å². The Hall–Kier alpha value is -2.86. The van der Waals surface area contributed by atoms with E-state index in [0.717, 1.165) is 38.1 Å². The third-order valence-electron chi connectivity index (χ3n) is 5.40. The second kappa shape index (κ2) is 11.4. The summed E-state index contributed by atoms with van der Waals surface area (Å²) in [6.07, 6.45) is 2.93. The van der Waals surface area contributed by atoms with E-state index < -0.39 is 0 Å². The van der Waals surface area contributed by atoms with Gasteiger partial charge in [-0.15, -0.1) is 0 Å². The van der Waals surface area contributed by atoms with E-state index >= 15 is 0 Å². The molecule has 1 N–H and O–H groups in total. The van der Waals surface area contributed by atoms with Crippen LogP contribution in [-0.4, -0.2) is 56.7 Å². The van der Waals surface area contributed by atoms with Gasteiger partial charge in [0.25, 0.3) is 11.8 Å². The minimum Gasteiger partial charge on any atom is -0.484 e. The highest BCUT2D eigenvalue weighted by atomic mass is 16.5. The zero-order valence-electron chi connectivity index (χ0n) is 17.5. The van der Waals surface area contributed by atoms with Crippen LogP contribution in [0.4, 0.5) is 0 Å². The second-order valence-electron chi connectivity index (χ2n) is 7.58. The number of carbonyl (C=O) groups excluding carboxylic acids is 2. The van der Waals surface area contributed by atoms with Gasteiger partial charge in [-0.1, -0.05) is 30.3 Å². The normalized spacial score (nSPS) is 14.4. The fraction of sp³-hybridized carbons (Fsp3) is 0.417. The zero-order chi connectivity index (χ0) is 21.2. The molecule has 2 aromatic rings. The summed E-state index contributed by atoms with van der Waals surface area (Å²) in [4.78, 5) is 26.3. The Morgan fingerprint density at radius 3 is 2.40 bits per heavy atom. The number of hydrogen-bond donors (Lipinski definition) is 1. The Morgan fingerprint density at radius 2 is 1.73 bits per heavy atom. The van der Waals surface area contributed by atoms with Gasteiger partial charge in [0, 0.05) is 32.3 Å². The molecule has 0 aromatic heterocycles. The predicted octanol–water partition coefficient (Wildman–Crippen LogP) is 2.92. The van der Waals surface area contributed by atoms with Crippen LogP contribution in [-0.2, 0) is 16.0 Å². The molecule has 1 saturated heterocycles. The summed E-state index contributed by atoms with van der Waals surface area (Å²) in [6.45, 7) is 2.63. The van der Waals surface area contributed by atoms with Gasteiger partial charge >= 0.3 is 0 Å². The lowest BCUT2D eigenvalue weighted by molar-refractivity contribution is -0.134. The molecule has 0 radical (unpaired) electrons. The molecule has 3 rings (SSSR count). The molecule has 160 valence electrons. The first-order valence-corrected chi connectivity index (χ1v) is 10.5. The highest BCUT2D eigenvalue weighted by Crippen LogP contribution is 2.22. The number of likely N-dealkylation sites (tertiary alicyclic amines) is 1. The minimum atomic E-state index is -0.0804. The van der Waals surface area contributed by atoms with Crippen LogP contribution in [0.15, 0.2) is 54.6 Å². The Balaban J connectivity index is 1.40. The first-order chi connectivity index (χ1) is 14.7. The van der Waals surface area contributed by atoms with Crippen molar-refractivity contribution in [2.45, 2.75) is 19.3 Å². The van der Waals surface area contributed by atoms with Crippen molar-refractivity contribution in [1.82, 2.24) is 10.2 Å². The van der Waals surface area contributed by atoms with Crippen molar-refractivity contribution in [2.24, 2.45) is 5.92 Å². The van der Waals surface area contributed by atoms with E-state index in [-0.39, 0.29) is 18.4 Å². The number of ether oxygens (including phenoxy) is 2. The van der Waals surface area contributed by atoms with Gasteiger partial charge in [0.15, 0.2) is 6.61 Å². The van der Waals surface area contributed by atoms with Crippen molar-refractivity contribution in [2.75, 3.05) is 40.0 Å². The first-order valence-electron chi connectivity index (χ1n) is 10.5. The van der Waals surface area contributed by atoms with Crippen molar-refractivity contribution in [3.63, 3.8) is 0 Å². The maximum Gasteiger partial charge on any atom is 0.260 e. The Kier molecular flexibility index (Phi) is 8.27. The number of hydrogen-bond acceptors (Lipinski definition) is 4. The quantitative estimate of drug-likeness (QED) is 0.646. The fourth-order valence-electron chi connectivity index (χ4n) is 3.63. The summed E-state index contributed by atoms with van der Waals surface area (Å²) in [5.41, 5.74) is 1.88. The summed E-state index contributed by atoms with van der Waals surface area (Å²) in [7, 11) is 1.61. The topological polar surface area (TPSA) is 67.9 Å². The molecule has 1 fully saturated rings. The molecule has 6 nitrogen and oxygen atoms in total. The molecule has 2 amide bonds. The lowest BCUT2D eigenvalue weighted by Crippen LogP contribution is -2.41. The van der Waals surface area contributed by atoms with Gasteiger partial charge in [-0.2, -0.15) is 0 Å². The number of benzene rings is 2. The average Bonchev–Trinajstić information content (AvgIpc) is 2.79. The third-order valence-corrected chi connectivity index (χ3v) is 5.40. The van der Waals surface area contributed by atoms with E-state index in [4.69, 9.17) is 9.47 Å². The predicted molar refractivity (Wildman–Crippen MR) is 116 cm³/mol. The maximum absolute atomic E-state index is 12.4. The highest BCUT2D eigenvalue weighted by Gasteiger charge is 2.23. The maximum atomic E-state index is 12.4. The van der Waals surface area contributed by atoms with Crippen molar-refractivity contribution >= 4 is 11.8 Å². The molecule has 2 aromatic carbocycles. The van der Waals surface area contributed by atoms with Crippen molar-refractivity contribution in [1.29, 1.82) is 0 Å². The molecular formula is C24H30N2O4. The smallest absolute Gasteiger partial charge is 0.260 e. The van der Waals surface area contributed by atoms with Gasteiger partial charge < -0.3 is 19.7 Å². The number of rotatable bonds is 9. The highest BCUT2D eigenvalue weighted by molar-refractivity contribution is 5.94. The second-order valence-corrected chi connectivity index (χ2v) is 7.58. The van der Waals surface area contributed by atoms with E-state index in [0.29, 0.717) is 24.6 Å². The number of nitrogens with one attached hydrogen (secondary N) is 1. The van der Waals surface area contributed by atoms with E-state index in [1.54, 1.807) is 7.11 Å². The van der Waals surface area contributed by atoms with Crippen LogP contribution in [0.5, 0.6) is 5.75 Å². The Labute approximate surface area is 178 Å². The van der Waals surface area contributed by atoms with Gasteiger partial charge in [0.2, 0.25) is 0 Å². The molecule has 0 spiro atoms. The molecule has 30 heavy (non-hydrogen) atoms. The summed E-state index contributed by atoms with van der Waals surface area (Å²) in [6, 6.07) is 17.2. The molecule has 1 heterocycles. The van der Waals surface area contributed by atoms with E-state index in [1.807, 2.05) is 59.5 Å².